The van der Waals surface area contributed by atoms with Gasteiger partial charge < -0.3 is 15.1 Å². The van der Waals surface area contributed by atoms with Gasteiger partial charge in [0.15, 0.2) is 6.19 Å². The van der Waals surface area contributed by atoms with Gasteiger partial charge in [0, 0.05) is 37.1 Å². The minimum Gasteiger partial charge on any atom is -0.333 e. The van der Waals surface area contributed by atoms with Crippen LogP contribution in [0.2, 0.25) is 5.02 Å². The molecule has 3 rings (SSSR count). The number of amides is 2. The monoisotopic (exact) mass is 304 g/mol. The van der Waals surface area contributed by atoms with E-state index in [0.717, 1.165) is 31.1 Å². The van der Waals surface area contributed by atoms with Crippen LogP contribution in [0, 0.1) is 11.5 Å². The number of halogens is 1. The van der Waals surface area contributed by atoms with E-state index in [1.54, 1.807) is 9.80 Å². The Morgan fingerprint density at radius 2 is 2.19 bits per heavy atom. The fourth-order valence-electron chi connectivity index (χ4n) is 2.85. The molecule has 5 nitrogen and oxygen atoms in total. The van der Waals surface area contributed by atoms with Crippen LogP contribution in [0.1, 0.15) is 17.9 Å². The number of hydrogen-bond donors (Lipinski definition) is 1. The standard InChI is InChI=1S/C15H17ClN4O/c16-13-3-1-2-11(6-13)12-7-20(8-12)15(21)18-14-4-5-19(9-14)10-17/h1-3,6,12,14H,4-5,7-9H2,(H,18,21). The fraction of sp³-hybridized carbons (Fsp3) is 0.467. The van der Waals surface area contributed by atoms with Crippen molar-refractivity contribution >= 4 is 17.6 Å². The molecule has 1 N–H and O–H groups in total. The van der Waals surface area contributed by atoms with Crippen molar-refractivity contribution in [1.29, 1.82) is 5.26 Å². The number of hydrogen-bond acceptors (Lipinski definition) is 3. The maximum absolute atomic E-state index is 12.1. The summed E-state index contributed by atoms with van der Waals surface area (Å²) in [5.41, 5.74) is 1.18. The lowest BCUT2D eigenvalue weighted by Gasteiger charge is -2.40. The average molecular weight is 305 g/mol. The second kappa shape index (κ2) is 5.82. The van der Waals surface area contributed by atoms with E-state index in [2.05, 4.69) is 11.5 Å². The number of nitrogens with zero attached hydrogens (tertiary/aromatic N) is 3. The zero-order chi connectivity index (χ0) is 14.8. The van der Waals surface area contributed by atoms with Crippen molar-refractivity contribution < 1.29 is 4.79 Å². The van der Waals surface area contributed by atoms with E-state index in [1.807, 2.05) is 24.3 Å². The summed E-state index contributed by atoms with van der Waals surface area (Å²) in [5.74, 6) is 0.369. The molecule has 0 radical (unpaired) electrons. The first-order chi connectivity index (χ1) is 10.2. The molecular weight excluding hydrogens is 288 g/mol. The molecule has 110 valence electrons. The van der Waals surface area contributed by atoms with Gasteiger partial charge in [0.1, 0.15) is 0 Å². The van der Waals surface area contributed by atoms with Crippen LogP contribution >= 0.6 is 11.6 Å². The number of nitrogens with one attached hydrogen (secondary N) is 1. The van der Waals surface area contributed by atoms with Crippen LogP contribution < -0.4 is 5.32 Å². The van der Waals surface area contributed by atoms with E-state index < -0.39 is 0 Å². The van der Waals surface area contributed by atoms with Gasteiger partial charge in [-0.2, -0.15) is 5.26 Å². The summed E-state index contributed by atoms with van der Waals surface area (Å²) in [7, 11) is 0. The molecule has 2 saturated heterocycles. The SMILES string of the molecule is N#CN1CCC(NC(=O)N2CC(c3cccc(Cl)c3)C2)C1. The minimum atomic E-state index is -0.0296. The first-order valence-electron chi connectivity index (χ1n) is 7.11. The molecule has 1 aromatic rings. The minimum absolute atomic E-state index is 0.0296. The summed E-state index contributed by atoms with van der Waals surface area (Å²) in [6.07, 6.45) is 2.95. The van der Waals surface area contributed by atoms with Crippen molar-refractivity contribution in [2.24, 2.45) is 0 Å². The highest BCUT2D eigenvalue weighted by Crippen LogP contribution is 2.28. The Labute approximate surface area is 129 Å². The van der Waals surface area contributed by atoms with Crippen molar-refractivity contribution in [2.45, 2.75) is 18.4 Å². The molecule has 6 heteroatoms. The van der Waals surface area contributed by atoms with Gasteiger partial charge in [0.05, 0.1) is 6.04 Å². The Morgan fingerprint density at radius 3 is 2.86 bits per heavy atom. The molecule has 0 aliphatic carbocycles. The molecule has 1 aromatic carbocycles. The molecule has 2 fully saturated rings. The second-order valence-corrected chi connectivity index (χ2v) is 6.07. The van der Waals surface area contributed by atoms with E-state index in [9.17, 15) is 4.79 Å². The highest BCUT2D eigenvalue weighted by Gasteiger charge is 2.33. The summed E-state index contributed by atoms with van der Waals surface area (Å²) < 4.78 is 0. The number of likely N-dealkylation sites (tertiary alicyclic amines) is 2. The van der Waals surface area contributed by atoms with Crippen LogP contribution in [0.4, 0.5) is 4.79 Å². The molecule has 21 heavy (non-hydrogen) atoms. The molecule has 2 amide bonds. The third-order valence-electron chi connectivity index (χ3n) is 4.15. The first-order valence-corrected chi connectivity index (χ1v) is 7.49. The number of carbonyl (C=O) groups is 1. The number of benzene rings is 1. The zero-order valence-corrected chi connectivity index (χ0v) is 12.4. The van der Waals surface area contributed by atoms with Gasteiger partial charge in [-0.3, -0.25) is 0 Å². The van der Waals surface area contributed by atoms with E-state index in [-0.39, 0.29) is 12.1 Å². The summed E-state index contributed by atoms with van der Waals surface area (Å²) in [6.45, 7) is 2.79. The molecular formula is C15H17ClN4O. The highest BCUT2D eigenvalue weighted by atomic mass is 35.5. The van der Waals surface area contributed by atoms with E-state index in [0.29, 0.717) is 12.5 Å². The smallest absolute Gasteiger partial charge is 0.317 e. The van der Waals surface area contributed by atoms with Crippen LogP contribution in [0.3, 0.4) is 0 Å². The summed E-state index contributed by atoms with van der Waals surface area (Å²) in [6, 6.07) is 7.86. The lowest BCUT2D eigenvalue weighted by Crippen LogP contribution is -2.54. The second-order valence-electron chi connectivity index (χ2n) is 5.64. The quantitative estimate of drug-likeness (QED) is 0.850. The van der Waals surface area contributed by atoms with Gasteiger partial charge in [-0.25, -0.2) is 4.79 Å². The first kappa shape index (κ1) is 14.0. The summed E-state index contributed by atoms with van der Waals surface area (Å²) >= 11 is 5.99. The van der Waals surface area contributed by atoms with Crippen LogP contribution in [0.15, 0.2) is 24.3 Å². The Morgan fingerprint density at radius 1 is 1.38 bits per heavy atom. The van der Waals surface area contributed by atoms with Crippen molar-refractivity contribution in [3.63, 3.8) is 0 Å². The molecule has 2 heterocycles. The molecule has 0 aromatic heterocycles. The largest absolute Gasteiger partial charge is 0.333 e. The number of carbonyl (C=O) groups excluding carboxylic acids is 1. The van der Waals surface area contributed by atoms with Gasteiger partial charge in [0.25, 0.3) is 0 Å². The zero-order valence-electron chi connectivity index (χ0n) is 11.6. The average Bonchev–Trinajstić information content (AvgIpc) is 2.84. The van der Waals surface area contributed by atoms with Gasteiger partial charge in [-0.1, -0.05) is 23.7 Å². The molecule has 2 aliphatic heterocycles. The summed E-state index contributed by atoms with van der Waals surface area (Å²) in [4.78, 5) is 15.6. The van der Waals surface area contributed by atoms with Crippen LogP contribution in [0.5, 0.6) is 0 Å². The third kappa shape index (κ3) is 3.06. The number of nitriles is 1. The number of urea groups is 1. The lowest BCUT2D eigenvalue weighted by molar-refractivity contribution is 0.148. The Hall–Kier alpha value is -1.93. The maximum Gasteiger partial charge on any atom is 0.317 e. The number of rotatable bonds is 2. The Kier molecular flexibility index (Phi) is 3.89. The van der Waals surface area contributed by atoms with E-state index >= 15 is 0 Å². The van der Waals surface area contributed by atoms with Gasteiger partial charge >= 0.3 is 6.03 Å². The fourth-order valence-corrected chi connectivity index (χ4v) is 3.05. The van der Waals surface area contributed by atoms with Crippen molar-refractivity contribution in [2.75, 3.05) is 26.2 Å². The van der Waals surface area contributed by atoms with Crippen molar-refractivity contribution in [3.8, 4) is 6.19 Å². The van der Waals surface area contributed by atoms with Gasteiger partial charge in [-0.05, 0) is 24.1 Å². The molecule has 0 saturated carbocycles. The van der Waals surface area contributed by atoms with E-state index in [4.69, 9.17) is 16.9 Å². The van der Waals surface area contributed by atoms with Crippen molar-refractivity contribution in [3.05, 3.63) is 34.9 Å². The summed E-state index contributed by atoms with van der Waals surface area (Å²) in [5, 5.41) is 12.5. The van der Waals surface area contributed by atoms with Crippen molar-refractivity contribution in [1.82, 2.24) is 15.1 Å². The molecule has 1 unspecified atom stereocenters. The van der Waals surface area contributed by atoms with Crippen LogP contribution in [-0.2, 0) is 0 Å². The Bertz CT molecular complexity index is 579. The van der Waals surface area contributed by atoms with Crippen LogP contribution in [-0.4, -0.2) is 48.1 Å². The third-order valence-corrected chi connectivity index (χ3v) is 4.38. The molecule has 0 bridgehead atoms. The van der Waals surface area contributed by atoms with Gasteiger partial charge in [-0.15, -0.1) is 0 Å². The van der Waals surface area contributed by atoms with Crippen LogP contribution in [0.25, 0.3) is 0 Å². The Balaban J connectivity index is 1.48. The van der Waals surface area contributed by atoms with E-state index in [1.165, 1.54) is 5.56 Å². The lowest BCUT2D eigenvalue weighted by atomic mass is 9.92. The highest BCUT2D eigenvalue weighted by molar-refractivity contribution is 6.30. The normalized spacial score (nSPS) is 21.8. The molecule has 1 atom stereocenters. The van der Waals surface area contributed by atoms with Gasteiger partial charge in [0.2, 0.25) is 0 Å². The topological polar surface area (TPSA) is 59.4 Å². The molecule has 0 spiro atoms. The molecule has 2 aliphatic rings. The predicted octanol–water partition coefficient (Wildman–Crippen LogP) is 2.00. The predicted molar refractivity (Wildman–Crippen MR) is 79.9 cm³/mol. The maximum atomic E-state index is 12.1.